The van der Waals surface area contributed by atoms with Crippen LogP contribution in [-0.2, 0) is 0 Å². The molecule has 0 aromatic heterocycles. The number of rotatable bonds is 0. The van der Waals surface area contributed by atoms with Crippen LogP contribution in [-0.4, -0.2) is 0 Å². The van der Waals surface area contributed by atoms with Crippen LogP contribution >= 0.6 is 0 Å². The van der Waals surface area contributed by atoms with Gasteiger partial charge in [-0.1, -0.05) is 60.7 Å². The van der Waals surface area contributed by atoms with E-state index in [1.165, 1.54) is 11.1 Å². The van der Waals surface area contributed by atoms with Crippen molar-refractivity contribution >= 4 is 44.0 Å². The van der Waals surface area contributed by atoms with E-state index in [0.717, 1.165) is 38.2 Å². The first-order valence-corrected chi connectivity index (χ1v) is 9.82. The standard InChI is InChI=1S/C27H14O2/c28-26-17-9-2-1-8-16(17)19-12-23-20(13-22(19)26)21-11-15-7-3-5-14-6-4-10-18(24(14)15)25(21)27(23)29/h1-13,24H. The van der Waals surface area contributed by atoms with Gasteiger partial charge in [-0.05, 0) is 56.7 Å². The van der Waals surface area contributed by atoms with Crippen molar-refractivity contribution in [2.24, 2.45) is 5.92 Å². The molecule has 4 aromatic rings. The highest BCUT2D eigenvalue weighted by Crippen LogP contribution is 2.47. The van der Waals surface area contributed by atoms with Crippen LogP contribution in [0.25, 0.3) is 44.0 Å². The van der Waals surface area contributed by atoms with Gasteiger partial charge in [0.2, 0.25) is 0 Å². The van der Waals surface area contributed by atoms with E-state index in [9.17, 15) is 9.59 Å². The summed E-state index contributed by atoms with van der Waals surface area (Å²) in [5.74, 6) is 0.135. The van der Waals surface area contributed by atoms with Gasteiger partial charge in [-0.2, -0.15) is 0 Å². The van der Waals surface area contributed by atoms with Gasteiger partial charge in [-0.15, -0.1) is 0 Å². The zero-order valence-corrected chi connectivity index (χ0v) is 15.4. The number of hydrogen-bond acceptors (Lipinski definition) is 2. The number of fused-ring (bicyclic) bond motifs is 7. The molecule has 3 aliphatic rings. The normalized spacial score (nSPS) is 19.3. The van der Waals surface area contributed by atoms with Crippen LogP contribution in [0.15, 0.2) is 93.6 Å². The maximum atomic E-state index is 13.5. The minimum absolute atomic E-state index is 0.0452. The molecule has 134 valence electrons. The molecule has 0 radical (unpaired) electrons. The predicted molar refractivity (Wildman–Crippen MR) is 120 cm³/mol. The van der Waals surface area contributed by atoms with Gasteiger partial charge in [0, 0.05) is 27.6 Å². The van der Waals surface area contributed by atoms with Crippen molar-refractivity contribution in [1.29, 1.82) is 0 Å². The van der Waals surface area contributed by atoms with Crippen molar-refractivity contribution in [1.82, 2.24) is 0 Å². The van der Waals surface area contributed by atoms with Gasteiger partial charge >= 0.3 is 0 Å². The van der Waals surface area contributed by atoms with E-state index < -0.39 is 0 Å². The Bertz CT molecular complexity index is 1680. The second-order valence-corrected chi connectivity index (χ2v) is 8.02. The molecule has 0 fully saturated rings. The lowest BCUT2D eigenvalue weighted by molar-refractivity contribution is 0.953. The minimum atomic E-state index is 0.0452. The van der Waals surface area contributed by atoms with Crippen LogP contribution in [0.2, 0.25) is 0 Å². The highest BCUT2D eigenvalue weighted by molar-refractivity contribution is 6.17. The van der Waals surface area contributed by atoms with Crippen LogP contribution in [0.3, 0.4) is 0 Å². The molecule has 2 nitrogen and oxygen atoms in total. The van der Waals surface area contributed by atoms with Crippen LogP contribution < -0.4 is 10.9 Å². The minimum Gasteiger partial charge on any atom is -0.289 e. The van der Waals surface area contributed by atoms with Crippen molar-refractivity contribution in [3.63, 3.8) is 0 Å². The Morgan fingerprint density at radius 2 is 1.38 bits per heavy atom. The van der Waals surface area contributed by atoms with Crippen molar-refractivity contribution in [2.75, 3.05) is 0 Å². The van der Waals surface area contributed by atoms with Gasteiger partial charge in [0.15, 0.2) is 10.9 Å². The fraction of sp³-hybridized carbons (Fsp3) is 0.0370. The smallest absolute Gasteiger partial charge is 0.194 e. The molecule has 0 heterocycles. The van der Waals surface area contributed by atoms with Crippen molar-refractivity contribution < 1.29 is 0 Å². The highest BCUT2D eigenvalue weighted by atomic mass is 16.1. The maximum absolute atomic E-state index is 13.5. The van der Waals surface area contributed by atoms with Crippen molar-refractivity contribution in [2.45, 2.75) is 0 Å². The molecule has 2 heteroatoms. The molecule has 1 unspecified atom stereocenters. The average molecular weight is 370 g/mol. The number of hydrogen-bond donors (Lipinski definition) is 0. The molecule has 0 bridgehead atoms. The molecule has 0 saturated heterocycles. The first-order chi connectivity index (χ1) is 14.2. The van der Waals surface area contributed by atoms with Gasteiger partial charge in [0.1, 0.15) is 0 Å². The molecular formula is C27H14O2. The summed E-state index contributed by atoms with van der Waals surface area (Å²) < 4.78 is 0. The Kier molecular flexibility index (Phi) is 2.61. The molecule has 29 heavy (non-hydrogen) atoms. The Hall–Kier alpha value is -3.78. The Labute approximate surface area is 165 Å². The van der Waals surface area contributed by atoms with E-state index in [-0.39, 0.29) is 16.8 Å². The van der Waals surface area contributed by atoms with Crippen LogP contribution in [0.1, 0.15) is 11.1 Å². The summed E-state index contributed by atoms with van der Waals surface area (Å²) in [5, 5.41) is 4.81. The van der Waals surface area contributed by atoms with E-state index in [2.05, 4.69) is 36.5 Å². The monoisotopic (exact) mass is 370 g/mol. The Morgan fingerprint density at radius 3 is 2.28 bits per heavy atom. The molecular weight excluding hydrogens is 356 g/mol. The molecule has 0 aliphatic heterocycles. The zero-order chi connectivity index (χ0) is 19.3. The van der Waals surface area contributed by atoms with Crippen molar-refractivity contribution in [3.8, 4) is 0 Å². The lowest BCUT2D eigenvalue weighted by Crippen LogP contribution is -2.19. The lowest BCUT2D eigenvalue weighted by atomic mass is 9.72. The van der Waals surface area contributed by atoms with E-state index in [0.29, 0.717) is 10.8 Å². The van der Waals surface area contributed by atoms with Gasteiger partial charge in [-0.3, -0.25) is 9.59 Å². The summed E-state index contributed by atoms with van der Waals surface area (Å²) >= 11 is 0. The first kappa shape index (κ1) is 15.2. The SMILES string of the molecule is O=c1c2c(c3cc4c(=O)c5ccccc5c4cc13)C=C1C=CC=C3C=CC=C2C31. The number of benzene rings is 2. The summed E-state index contributed by atoms with van der Waals surface area (Å²) in [6.07, 6.45) is 14.7. The van der Waals surface area contributed by atoms with E-state index >= 15 is 0 Å². The molecule has 0 saturated carbocycles. The van der Waals surface area contributed by atoms with E-state index in [1.54, 1.807) is 0 Å². The Morgan fingerprint density at radius 1 is 0.655 bits per heavy atom. The fourth-order valence-electron chi connectivity index (χ4n) is 5.36. The molecule has 7 rings (SSSR count). The van der Waals surface area contributed by atoms with Crippen molar-refractivity contribution in [3.05, 3.63) is 116 Å². The van der Waals surface area contributed by atoms with Gasteiger partial charge in [0.25, 0.3) is 0 Å². The topological polar surface area (TPSA) is 34.1 Å². The maximum Gasteiger partial charge on any atom is 0.194 e. The molecule has 1 atom stereocenters. The molecule has 3 aliphatic carbocycles. The summed E-state index contributed by atoms with van der Waals surface area (Å²) in [6, 6.07) is 11.5. The quantitative estimate of drug-likeness (QED) is 0.426. The van der Waals surface area contributed by atoms with Crippen LogP contribution in [0, 0.1) is 5.92 Å². The van der Waals surface area contributed by atoms with Gasteiger partial charge < -0.3 is 0 Å². The molecule has 0 amide bonds. The third-order valence-electron chi connectivity index (χ3n) is 6.61. The molecule has 0 spiro atoms. The second-order valence-electron chi connectivity index (χ2n) is 8.02. The average Bonchev–Trinajstić information content (AvgIpc) is 3.20. The van der Waals surface area contributed by atoms with E-state index in [4.69, 9.17) is 0 Å². The van der Waals surface area contributed by atoms with E-state index in [1.807, 2.05) is 42.5 Å². The lowest BCUT2D eigenvalue weighted by Gasteiger charge is -2.31. The molecule has 4 aromatic carbocycles. The van der Waals surface area contributed by atoms with Gasteiger partial charge in [0.05, 0.1) is 0 Å². The fourth-order valence-corrected chi connectivity index (χ4v) is 5.36. The Balaban J connectivity index is 1.67. The largest absolute Gasteiger partial charge is 0.289 e. The highest BCUT2D eigenvalue weighted by Gasteiger charge is 2.33. The zero-order valence-electron chi connectivity index (χ0n) is 15.4. The third-order valence-corrected chi connectivity index (χ3v) is 6.61. The third kappa shape index (κ3) is 1.73. The summed E-state index contributed by atoms with van der Waals surface area (Å²) in [7, 11) is 0. The summed E-state index contributed by atoms with van der Waals surface area (Å²) in [6.45, 7) is 0. The summed E-state index contributed by atoms with van der Waals surface area (Å²) in [5.41, 5.74) is 5.36. The first-order valence-electron chi connectivity index (χ1n) is 9.82. The second kappa shape index (κ2) is 4.98. The van der Waals surface area contributed by atoms with Gasteiger partial charge in [-0.25, -0.2) is 0 Å². The summed E-state index contributed by atoms with van der Waals surface area (Å²) in [4.78, 5) is 26.5. The predicted octanol–water partition coefficient (Wildman–Crippen LogP) is 5.20. The molecule has 0 N–H and O–H groups in total. The number of allylic oxidation sites excluding steroid dienone is 9. The van der Waals surface area contributed by atoms with Crippen LogP contribution in [0.5, 0.6) is 0 Å². The van der Waals surface area contributed by atoms with Crippen LogP contribution in [0.4, 0.5) is 0 Å².